The van der Waals surface area contributed by atoms with Crippen LogP contribution in [-0.4, -0.2) is 42.9 Å². The smallest absolute Gasteiger partial charge is 0.160 e. The highest BCUT2D eigenvalue weighted by Crippen LogP contribution is 2.33. The van der Waals surface area contributed by atoms with Gasteiger partial charge in [-0.1, -0.05) is 27.7 Å². The van der Waals surface area contributed by atoms with Crippen molar-refractivity contribution in [1.29, 1.82) is 0 Å². The Kier molecular flexibility index (Phi) is 4.88. The molecule has 0 bridgehead atoms. The fourth-order valence-corrected chi connectivity index (χ4v) is 3.01. The van der Waals surface area contributed by atoms with Gasteiger partial charge < -0.3 is 19.3 Å². The van der Waals surface area contributed by atoms with Gasteiger partial charge >= 0.3 is 0 Å². The monoisotopic (exact) mass is 272 g/mol. The summed E-state index contributed by atoms with van der Waals surface area (Å²) >= 11 is 0. The molecule has 19 heavy (non-hydrogen) atoms. The van der Waals surface area contributed by atoms with Gasteiger partial charge in [-0.15, -0.1) is 0 Å². The van der Waals surface area contributed by atoms with Crippen LogP contribution >= 0.6 is 0 Å². The van der Waals surface area contributed by atoms with Crippen LogP contribution in [0.1, 0.15) is 34.6 Å². The molecule has 2 heterocycles. The van der Waals surface area contributed by atoms with E-state index in [1.807, 2.05) is 0 Å². The van der Waals surface area contributed by atoms with Gasteiger partial charge in [-0.2, -0.15) is 0 Å². The lowest BCUT2D eigenvalue weighted by Crippen LogP contribution is -2.50. The number of hydrogen-bond acceptors (Lipinski definition) is 4. The van der Waals surface area contributed by atoms with Gasteiger partial charge in [-0.25, -0.2) is 0 Å². The molecule has 1 N–H and O–H groups in total. The molecule has 0 aromatic heterocycles. The summed E-state index contributed by atoms with van der Waals surface area (Å²) < 4.78 is 17.7. The third-order valence-corrected chi connectivity index (χ3v) is 5.03. The van der Waals surface area contributed by atoms with E-state index in [4.69, 9.17) is 14.2 Å². The van der Waals surface area contributed by atoms with Gasteiger partial charge in [0, 0.05) is 17.8 Å². The molecule has 2 saturated heterocycles. The van der Waals surface area contributed by atoms with E-state index in [-0.39, 0.29) is 36.4 Å². The summed E-state index contributed by atoms with van der Waals surface area (Å²) in [7, 11) is 0. The number of hydrogen-bond donors (Lipinski definition) is 1. The summed E-state index contributed by atoms with van der Waals surface area (Å²) in [6.07, 6.45) is -0.196. The Labute approximate surface area is 116 Å². The van der Waals surface area contributed by atoms with E-state index < -0.39 is 0 Å². The summed E-state index contributed by atoms with van der Waals surface area (Å²) in [5, 5.41) is 9.82. The van der Waals surface area contributed by atoms with Crippen molar-refractivity contribution < 1.29 is 19.3 Å². The van der Waals surface area contributed by atoms with Crippen LogP contribution in [0.25, 0.3) is 0 Å². The van der Waals surface area contributed by atoms with Crippen molar-refractivity contribution in [3.8, 4) is 0 Å². The maximum Gasteiger partial charge on any atom is 0.160 e. The van der Waals surface area contributed by atoms with Crippen molar-refractivity contribution in [2.75, 3.05) is 13.2 Å². The highest BCUT2D eigenvalue weighted by atomic mass is 16.7. The first-order valence-corrected chi connectivity index (χ1v) is 7.48. The number of ether oxygens (including phenoxy) is 3. The minimum absolute atomic E-state index is 0.165. The summed E-state index contributed by atoms with van der Waals surface area (Å²) in [5.41, 5.74) is 0. The largest absolute Gasteiger partial charge is 0.390 e. The average Bonchev–Trinajstić information content (AvgIpc) is 2.39. The van der Waals surface area contributed by atoms with Crippen LogP contribution in [0.2, 0.25) is 0 Å². The van der Waals surface area contributed by atoms with E-state index in [2.05, 4.69) is 34.6 Å². The van der Waals surface area contributed by atoms with Crippen LogP contribution in [0.4, 0.5) is 0 Å². The number of rotatable bonds is 2. The first-order chi connectivity index (χ1) is 8.91. The molecule has 0 radical (unpaired) electrons. The van der Waals surface area contributed by atoms with Crippen molar-refractivity contribution in [3.05, 3.63) is 0 Å². The van der Waals surface area contributed by atoms with E-state index in [1.54, 1.807) is 0 Å². The van der Waals surface area contributed by atoms with Gasteiger partial charge in [0.1, 0.15) is 0 Å². The minimum Gasteiger partial charge on any atom is -0.390 e. The summed E-state index contributed by atoms with van der Waals surface area (Å²) in [6, 6.07) is 0. The van der Waals surface area contributed by atoms with E-state index in [9.17, 15) is 5.11 Å². The maximum atomic E-state index is 9.82. The Balaban J connectivity index is 1.99. The second kappa shape index (κ2) is 6.08. The molecular weight excluding hydrogens is 244 g/mol. The Bertz CT molecular complexity index is 296. The normalized spacial score (nSPS) is 52.1. The second-order valence-corrected chi connectivity index (χ2v) is 6.46. The molecule has 2 fully saturated rings. The molecule has 2 aliphatic rings. The van der Waals surface area contributed by atoms with Crippen LogP contribution in [0.5, 0.6) is 0 Å². The lowest BCUT2D eigenvalue weighted by Gasteiger charge is -2.44. The highest BCUT2D eigenvalue weighted by Gasteiger charge is 2.40. The van der Waals surface area contributed by atoms with Crippen LogP contribution in [-0.2, 0) is 14.2 Å². The Morgan fingerprint density at radius 2 is 1.58 bits per heavy atom. The lowest BCUT2D eigenvalue weighted by molar-refractivity contribution is -0.275. The Hall–Kier alpha value is -0.160. The molecule has 112 valence electrons. The SMILES string of the molecule is CC1COC(C)C(C)C1OC1OCC(O)C(C)C1C. The molecule has 8 atom stereocenters. The van der Waals surface area contributed by atoms with Crippen molar-refractivity contribution in [3.63, 3.8) is 0 Å². The third kappa shape index (κ3) is 3.13. The fraction of sp³-hybridized carbons (Fsp3) is 1.00. The molecule has 4 nitrogen and oxygen atoms in total. The van der Waals surface area contributed by atoms with E-state index >= 15 is 0 Å². The van der Waals surface area contributed by atoms with Gasteiger partial charge in [0.2, 0.25) is 0 Å². The zero-order valence-corrected chi connectivity index (χ0v) is 12.7. The quantitative estimate of drug-likeness (QED) is 0.836. The zero-order chi connectivity index (χ0) is 14.2. The van der Waals surface area contributed by atoms with Crippen molar-refractivity contribution in [2.24, 2.45) is 23.7 Å². The number of aliphatic hydroxyl groups excluding tert-OH is 1. The molecule has 2 rings (SSSR count). The summed E-state index contributed by atoms with van der Waals surface area (Å²) in [4.78, 5) is 0. The Morgan fingerprint density at radius 1 is 0.895 bits per heavy atom. The summed E-state index contributed by atoms with van der Waals surface area (Å²) in [5.74, 6) is 1.16. The molecule has 0 spiro atoms. The molecule has 8 unspecified atom stereocenters. The van der Waals surface area contributed by atoms with E-state index in [0.29, 0.717) is 18.4 Å². The first kappa shape index (κ1) is 15.2. The molecule has 2 aliphatic heterocycles. The summed E-state index contributed by atoms with van der Waals surface area (Å²) in [6.45, 7) is 11.7. The van der Waals surface area contributed by atoms with Gasteiger partial charge in [0.05, 0.1) is 31.5 Å². The Morgan fingerprint density at radius 3 is 2.26 bits per heavy atom. The fourth-order valence-electron chi connectivity index (χ4n) is 3.01. The molecule has 0 saturated carbocycles. The predicted molar refractivity (Wildman–Crippen MR) is 72.7 cm³/mol. The van der Waals surface area contributed by atoms with Crippen LogP contribution in [0.3, 0.4) is 0 Å². The van der Waals surface area contributed by atoms with Crippen LogP contribution < -0.4 is 0 Å². The molecular formula is C15H28O4. The second-order valence-electron chi connectivity index (χ2n) is 6.46. The highest BCUT2D eigenvalue weighted by molar-refractivity contribution is 4.84. The first-order valence-electron chi connectivity index (χ1n) is 7.48. The lowest BCUT2D eigenvalue weighted by atomic mass is 9.85. The van der Waals surface area contributed by atoms with Crippen LogP contribution in [0.15, 0.2) is 0 Å². The molecule has 0 aromatic rings. The van der Waals surface area contributed by atoms with Gasteiger partial charge in [-0.3, -0.25) is 0 Å². The van der Waals surface area contributed by atoms with Crippen LogP contribution in [0, 0.1) is 23.7 Å². The number of aliphatic hydroxyl groups is 1. The predicted octanol–water partition coefficient (Wildman–Crippen LogP) is 2.05. The molecule has 0 aliphatic carbocycles. The van der Waals surface area contributed by atoms with Crippen molar-refractivity contribution >= 4 is 0 Å². The van der Waals surface area contributed by atoms with Crippen molar-refractivity contribution in [1.82, 2.24) is 0 Å². The maximum absolute atomic E-state index is 9.82. The van der Waals surface area contributed by atoms with E-state index in [0.717, 1.165) is 6.61 Å². The molecule has 0 amide bonds. The average molecular weight is 272 g/mol. The standard InChI is InChI=1S/C15H28O4/c1-8-6-17-12(5)11(4)14(8)19-15-10(3)9(2)13(16)7-18-15/h8-16H,6-7H2,1-5H3. The zero-order valence-electron chi connectivity index (χ0n) is 12.7. The molecule has 4 heteroatoms. The van der Waals surface area contributed by atoms with E-state index in [1.165, 1.54) is 0 Å². The van der Waals surface area contributed by atoms with Gasteiger partial charge in [-0.05, 0) is 12.8 Å². The molecule has 0 aromatic carbocycles. The van der Waals surface area contributed by atoms with Gasteiger partial charge in [0.25, 0.3) is 0 Å². The van der Waals surface area contributed by atoms with Gasteiger partial charge in [0.15, 0.2) is 6.29 Å². The topological polar surface area (TPSA) is 47.9 Å². The van der Waals surface area contributed by atoms with Crippen molar-refractivity contribution in [2.45, 2.75) is 59.2 Å². The third-order valence-electron chi connectivity index (χ3n) is 5.03. The minimum atomic E-state index is -0.377.